The minimum atomic E-state index is -3.33. The third kappa shape index (κ3) is 14.4. The maximum atomic E-state index is 6.87. The lowest BCUT2D eigenvalue weighted by Crippen LogP contribution is -2.65. The zero-order valence-corrected chi connectivity index (χ0v) is 46.1. The van der Waals surface area contributed by atoms with Crippen molar-refractivity contribution in [1.82, 2.24) is 0 Å². The normalized spacial score (nSPS) is 45.8. The topological polar surface area (TPSA) is 102 Å². The largest absolute Gasteiger partial charge is 0.410 e. The van der Waals surface area contributed by atoms with E-state index >= 15 is 0 Å². The Morgan fingerprint density at radius 3 is 0.273 bits per heavy atom. The van der Waals surface area contributed by atoms with E-state index in [4.69, 9.17) is 45.3 Å². The van der Waals surface area contributed by atoms with Crippen molar-refractivity contribution in [2.24, 2.45) is 0 Å². The maximum absolute atomic E-state index is 6.87. The molecule has 0 saturated carbocycles. The van der Waals surface area contributed by atoms with Crippen molar-refractivity contribution in [3.8, 4) is 0 Å². The molecule has 1 saturated heterocycles. The molecule has 55 heavy (non-hydrogen) atoms. The summed E-state index contributed by atoms with van der Waals surface area (Å²) < 4.78 is 75.6. The van der Waals surface area contributed by atoms with Gasteiger partial charge in [-0.05, 0) is 72.0 Å². The van der Waals surface area contributed by atoms with Crippen LogP contribution in [0.5, 0.6) is 0 Å². The Hall–Kier alpha value is -0.914. The molecular weight excluding hydrogens is 881 g/mol. The van der Waals surface area contributed by atoms with Gasteiger partial charge in [-0.3, -0.25) is 0 Å². The molecule has 0 bridgehead atoms. The monoisotopic (exact) mass is 946 g/mol. The van der Waals surface area contributed by atoms with E-state index in [1.807, 2.05) is 72.0 Å². The zero-order chi connectivity index (χ0) is 43.1. The molecule has 0 atom stereocenters. The molecule has 1 aliphatic rings. The molecule has 1 rings (SSSR count). The molecule has 0 spiro atoms. The second-order valence-corrected chi connectivity index (χ2v) is 50.4. The lowest BCUT2D eigenvalue weighted by atomic mass is 11.3. The fourth-order valence-electron chi connectivity index (χ4n) is 5.57. The molecule has 0 aromatic rings. The second-order valence-electron chi connectivity index (χ2n) is 14.5. The third-order valence-electron chi connectivity index (χ3n) is 8.54. The summed E-state index contributed by atoms with van der Waals surface area (Å²) in [5, 5.41) is 0. The quantitative estimate of drug-likeness (QED) is 0.186. The molecule has 22 heteroatoms. The summed E-state index contributed by atoms with van der Waals surface area (Å²) in [6.07, 6.45) is 0. The maximum Gasteiger partial charge on any atom is 0.344 e. The van der Waals surface area contributed by atoms with Gasteiger partial charge in [0.2, 0.25) is 0 Å². The van der Waals surface area contributed by atoms with Crippen LogP contribution in [0.2, 0.25) is 72.0 Å². The van der Waals surface area contributed by atoms with E-state index in [0.717, 1.165) is 0 Å². The summed E-state index contributed by atoms with van der Waals surface area (Å²) in [7, 11) is -36.6. The summed E-state index contributed by atoms with van der Waals surface area (Å²) in [5.41, 5.74) is 18.5. The molecule has 0 amide bonds. The average molecular weight is 948 g/mol. The number of rotatable bonds is 11. The minimum absolute atomic E-state index is 1.68. The first-order chi connectivity index (χ1) is 24.9. The average Bonchev–Trinajstić information content (AvgIpc) is 3.10. The number of hydrogen-bond donors (Lipinski definition) is 0. The van der Waals surface area contributed by atoms with Gasteiger partial charge in [0.15, 0.2) is 0 Å². The van der Waals surface area contributed by atoms with Crippen LogP contribution in [0, 0.1) is 0 Å². The molecule has 1 heterocycles. The zero-order valence-electron chi connectivity index (χ0n) is 35.1. The van der Waals surface area contributed by atoms with Crippen LogP contribution in [-0.4, -0.2) is 94.2 Å². The highest BCUT2D eigenvalue weighted by Crippen LogP contribution is 2.35. The van der Waals surface area contributed by atoms with Gasteiger partial charge in [0.05, 0.1) is 0 Å². The summed E-state index contributed by atoms with van der Waals surface area (Å²) >= 11 is 0. The Morgan fingerprint density at radius 1 is 0.182 bits per heavy atom. The first-order valence-electron chi connectivity index (χ1n) is 17.7. The summed E-state index contributed by atoms with van der Waals surface area (Å²) in [6, 6.07) is 0. The van der Waals surface area contributed by atoms with Gasteiger partial charge in [-0.15, -0.1) is 72.4 Å². The summed E-state index contributed by atoms with van der Waals surface area (Å²) in [4.78, 5) is 0. The van der Waals surface area contributed by atoms with E-state index in [1.54, 1.807) is 62.7 Å². The molecule has 1 aliphatic heterocycles. The fraction of sp³-hybridized carbons (Fsp3) is 0.333. The molecule has 0 N–H and O–H groups in total. The van der Waals surface area contributed by atoms with Crippen molar-refractivity contribution in [1.29, 1.82) is 0 Å². The van der Waals surface area contributed by atoms with Crippen LogP contribution in [0.15, 0.2) is 135 Å². The Morgan fingerprint density at radius 2 is 0.236 bits per heavy atom. The van der Waals surface area contributed by atoms with Gasteiger partial charge < -0.3 is 45.3 Å². The molecule has 0 aromatic carbocycles. The SMILES string of the molecule is C=C[Si]1(C)O[Si](C)(C=C)O[Si](C)(C=C)O[Si](C)(C=C)O[Si](C)(C=C)O[Si](C)(C=C)O[Si](C)(C=C)O[Si](C)(C=C)O[Si](C)(C=C)O[Si](C)(C=C)O[Si](C)(C=C)O1. The van der Waals surface area contributed by atoms with Crippen LogP contribution in [-0.2, 0) is 45.3 Å². The predicted molar refractivity (Wildman–Crippen MR) is 252 cm³/mol. The summed E-state index contributed by atoms with van der Waals surface area (Å²) in [5.74, 6) is 0. The van der Waals surface area contributed by atoms with Crippen LogP contribution in [0.3, 0.4) is 0 Å². The lowest BCUT2D eigenvalue weighted by molar-refractivity contribution is 0.255. The molecule has 0 aromatic heterocycles. The predicted octanol–water partition coefficient (Wildman–Crippen LogP) is 8.95. The van der Waals surface area contributed by atoms with Crippen molar-refractivity contribution >= 4 is 94.2 Å². The van der Waals surface area contributed by atoms with E-state index in [2.05, 4.69) is 72.4 Å². The molecule has 0 unspecified atom stereocenters. The van der Waals surface area contributed by atoms with Gasteiger partial charge in [-0.1, -0.05) is 62.7 Å². The van der Waals surface area contributed by atoms with E-state index in [-0.39, 0.29) is 0 Å². The van der Waals surface area contributed by atoms with E-state index in [9.17, 15) is 0 Å². The third-order valence-corrected chi connectivity index (χ3v) is 52.4. The molecule has 1 fully saturated rings. The molecule has 0 radical (unpaired) electrons. The molecular formula is C33H66O11Si11. The van der Waals surface area contributed by atoms with Crippen LogP contribution in [0.1, 0.15) is 0 Å². The van der Waals surface area contributed by atoms with E-state index in [0.29, 0.717) is 0 Å². The van der Waals surface area contributed by atoms with Crippen LogP contribution in [0.25, 0.3) is 0 Å². The summed E-state index contributed by atoms with van der Waals surface area (Å²) in [6.45, 7) is 65.7. The van der Waals surface area contributed by atoms with Gasteiger partial charge in [-0.2, -0.15) is 0 Å². The fourth-order valence-corrected chi connectivity index (χ4v) is 54.3. The minimum Gasteiger partial charge on any atom is -0.410 e. The van der Waals surface area contributed by atoms with E-state index in [1.165, 1.54) is 0 Å². The van der Waals surface area contributed by atoms with Crippen molar-refractivity contribution < 1.29 is 45.3 Å². The highest BCUT2D eigenvalue weighted by Gasteiger charge is 2.56. The Balaban J connectivity index is 4.18. The second kappa shape index (κ2) is 19.0. The Labute approximate surface area is 344 Å². The van der Waals surface area contributed by atoms with Gasteiger partial charge in [0, 0.05) is 0 Å². The van der Waals surface area contributed by atoms with Crippen LogP contribution in [0.4, 0.5) is 0 Å². The van der Waals surface area contributed by atoms with Gasteiger partial charge in [0.1, 0.15) is 0 Å². The number of hydrogen-bond acceptors (Lipinski definition) is 11. The van der Waals surface area contributed by atoms with E-state index < -0.39 is 94.2 Å². The lowest BCUT2D eigenvalue weighted by Gasteiger charge is -2.46. The Bertz CT molecular complexity index is 1120. The Kier molecular flexibility index (Phi) is 18.0. The van der Waals surface area contributed by atoms with Gasteiger partial charge >= 0.3 is 94.2 Å². The van der Waals surface area contributed by atoms with Gasteiger partial charge in [-0.25, -0.2) is 0 Å². The van der Waals surface area contributed by atoms with Crippen LogP contribution >= 0.6 is 0 Å². The first kappa shape index (κ1) is 52.1. The highest BCUT2D eigenvalue weighted by atomic mass is 28.5. The van der Waals surface area contributed by atoms with Crippen molar-refractivity contribution in [3.05, 3.63) is 135 Å². The van der Waals surface area contributed by atoms with Crippen LogP contribution < -0.4 is 0 Å². The van der Waals surface area contributed by atoms with Crippen molar-refractivity contribution in [3.63, 3.8) is 0 Å². The van der Waals surface area contributed by atoms with Crippen molar-refractivity contribution in [2.45, 2.75) is 72.0 Å². The van der Waals surface area contributed by atoms with Crippen molar-refractivity contribution in [2.75, 3.05) is 0 Å². The van der Waals surface area contributed by atoms with Gasteiger partial charge in [0.25, 0.3) is 0 Å². The molecule has 308 valence electrons. The smallest absolute Gasteiger partial charge is 0.344 e. The standard InChI is InChI=1S/C33H66O11Si11/c1-23-45(12)34-46(13,24-2)36-48(15,26-4)38-50(17,28-6)40-52(19,30-8)42-54(21,32-10)44-55(22,33-11)43-53(20,31-9)41-51(18,29-7)39-49(16,27-5)37-47(14,25-3)35-45/h23-33H,1-11H2,12-22H3. The first-order valence-corrected chi connectivity index (χ1v) is 44.0. The highest BCUT2D eigenvalue weighted by molar-refractivity contribution is 7.00. The molecule has 11 nitrogen and oxygen atoms in total. The molecule has 0 aliphatic carbocycles.